The molecule has 1 heterocycles. The number of hydrogen-bond acceptors (Lipinski definition) is 3. The van der Waals surface area contributed by atoms with Gasteiger partial charge in [-0.15, -0.1) is 0 Å². The molecule has 94 valence electrons. The average molecular weight is 227 g/mol. The summed E-state index contributed by atoms with van der Waals surface area (Å²) in [6.45, 7) is 11.0. The lowest BCUT2D eigenvalue weighted by molar-refractivity contribution is -0.132. The second-order valence-electron chi connectivity index (χ2n) is 4.90. The standard InChI is InChI=1S/C12H25N3O/c1-6-12(4)11(16)15(10(3)13-12)9-8-14(5)7-2/h10,13H,6-9H2,1-5H3. The van der Waals surface area contributed by atoms with Gasteiger partial charge in [-0.05, 0) is 33.9 Å². The molecule has 4 nitrogen and oxygen atoms in total. The first-order chi connectivity index (χ1) is 7.44. The summed E-state index contributed by atoms with van der Waals surface area (Å²) in [6, 6.07) is 0. The van der Waals surface area contributed by atoms with Crippen LogP contribution in [0.25, 0.3) is 0 Å². The predicted molar refractivity (Wildman–Crippen MR) is 66.2 cm³/mol. The minimum Gasteiger partial charge on any atom is -0.325 e. The van der Waals surface area contributed by atoms with Gasteiger partial charge in [0.1, 0.15) is 0 Å². The van der Waals surface area contributed by atoms with Crippen molar-refractivity contribution in [3.63, 3.8) is 0 Å². The van der Waals surface area contributed by atoms with E-state index in [1.54, 1.807) is 0 Å². The summed E-state index contributed by atoms with van der Waals surface area (Å²) in [6.07, 6.45) is 0.999. The Morgan fingerprint density at radius 1 is 1.50 bits per heavy atom. The molecule has 1 aliphatic rings. The lowest BCUT2D eigenvalue weighted by Crippen LogP contribution is -2.43. The predicted octanol–water partition coefficient (Wildman–Crippen LogP) is 0.885. The summed E-state index contributed by atoms with van der Waals surface area (Å²) in [7, 11) is 2.08. The number of amides is 1. The maximum atomic E-state index is 12.2. The molecule has 0 aliphatic carbocycles. The van der Waals surface area contributed by atoms with Gasteiger partial charge in [0.05, 0.1) is 11.7 Å². The van der Waals surface area contributed by atoms with Crippen LogP contribution in [0.4, 0.5) is 0 Å². The van der Waals surface area contributed by atoms with Gasteiger partial charge < -0.3 is 9.80 Å². The van der Waals surface area contributed by atoms with E-state index in [1.807, 2.05) is 11.8 Å². The number of carbonyl (C=O) groups is 1. The first kappa shape index (κ1) is 13.5. The minimum absolute atomic E-state index is 0.155. The summed E-state index contributed by atoms with van der Waals surface area (Å²) in [4.78, 5) is 16.4. The number of rotatable bonds is 5. The minimum atomic E-state index is -0.357. The molecule has 2 atom stereocenters. The zero-order chi connectivity index (χ0) is 12.3. The highest BCUT2D eigenvalue weighted by Gasteiger charge is 2.44. The molecule has 4 heteroatoms. The van der Waals surface area contributed by atoms with Gasteiger partial charge in [-0.2, -0.15) is 0 Å². The molecule has 0 radical (unpaired) electrons. The van der Waals surface area contributed by atoms with E-state index in [4.69, 9.17) is 0 Å². The van der Waals surface area contributed by atoms with E-state index < -0.39 is 0 Å². The van der Waals surface area contributed by atoms with E-state index in [0.717, 1.165) is 26.1 Å². The zero-order valence-electron chi connectivity index (χ0n) is 11.2. The van der Waals surface area contributed by atoms with Crippen molar-refractivity contribution in [1.82, 2.24) is 15.1 Å². The molecule has 0 aromatic heterocycles. The van der Waals surface area contributed by atoms with Crippen molar-refractivity contribution in [2.75, 3.05) is 26.7 Å². The van der Waals surface area contributed by atoms with Crippen LogP contribution in [0.5, 0.6) is 0 Å². The molecule has 1 rings (SSSR count). The van der Waals surface area contributed by atoms with E-state index >= 15 is 0 Å². The van der Waals surface area contributed by atoms with Crippen LogP contribution < -0.4 is 5.32 Å². The second-order valence-corrected chi connectivity index (χ2v) is 4.90. The van der Waals surface area contributed by atoms with Crippen LogP contribution in [0.1, 0.15) is 34.1 Å². The number of carbonyl (C=O) groups excluding carboxylic acids is 1. The first-order valence-electron chi connectivity index (χ1n) is 6.22. The van der Waals surface area contributed by atoms with E-state index in [9.17, 15) is 4.79 Å². The molecule has 0 saturated carbocycles. The monoisotopic (exact) mass is 227 g/mol. The molecule has 0 bridgehead atoms. The topological polar surface area (TPSA) is 35.6 Å². The smallest absolute Gasteiger partial charge is 0.243 e. The molecule has 2 unspecified atom stereocenters. The lowest BCUT2D eigenvalue weighted by Gasteiger charge is -2.24. The van der Waals surface area contributed by atoms with E-state index in [0.29, 0.717) is 0 Å². The van der Waals surface area contributed by atoms with Crippen molar-refractivity contribution in [1.29, 1.82) is 0 Å². The molecular formula is C12H25N3O. The fourth-order valence-corrected chi connectivity index (χ4v) is 2.08. The Morgan fingerprint density at radius 3 is 2.56 bits per heavy atom. The molecule has 1 aliphatic heterocycles. The largest absolute Gasteiger partial charge is 0.325 e. The van der Waals surface area contributed by atoms with Crippen molar-refractivity contribution in [3.8, 4) is 0 Å². The fraction of sp³-hybridized carbons (Fsp3) is 0.917. The van der Waals surface area contributed by atoms with Crippen molar-refractivity contribution in [2.24, 2.45) is 0 Å². The molecule has 1 saturated heterocycles. The third-order valence-corrected chi connectivity index (χ3v) is 3.70. The highest BCUT2D eigenvalue weighted by molar-refractivity contribution is 5.88. The Balaban J connectivity index is 2.58. The molecule has 0 aromatic carbocycles. The van der Waals surface area contributed by atoms with Gasteiger partial charge in [0.2, 0.25) is 5.91 Å². The summed E-state index contributed by atoms with van der Waals surface area (Å²) in [5, 5.41) is 3.38. The van der Waals surface area contributed by atoms with Gasteiger partial charge in [0.25, 0.3) is 0 Å². The highest BCUT2D eigenvalue weighted by atomic mass is 16.2. The van der Waals surface area contributed by atoms with Crippen LogP contribution in [0, 0.1) is 0 Å². The summed E-state index contributed by atoms with van der Waals surface area (Å²) < 4.78 is 0. The Labute approximate surface area is 99.0 Å². The molecule has 0 aromatic rings. The summed E-state index contributed by atoms with van der Waals surface area (Å²) >= 11 is 0. The van der Waals surface area contributed by atoms with E-state index in [1.165, 1.54) is 0 Å². The normalized spacial score (nSPS) is 30.5. The Morgan fingerprint density at radius 2 is 2.12 bits per heavy atom. The van der Waals surface area contributed by atoms with E-state index in [-0.39, 0.29) is 17.6 Å². The van der Waals surface area contributed by atoms with Crippen LogP contribution in [-0.2, 0) is 4.79 Å². The molecule has 0 spiro atoms. The van der Waals surface area contributed by atoms with Crippen LogP contribution in [0.2, 0.25) is 0 Å². The van der Waals surface area contributed by atoms with Gasteiger partial charge >= 0.3 is 0 Å². The maximum absolute atomic E-state index is 12.2. The fourth-order valence-electron chi connectivity index (χ4n) is 2.08. The molecular weight excluding hydrogens is 202 g/mol. The first-order valence-corrected chi connectivity index (χ1v) is 6.22. The van der Waals surface area contributed by atoms with Gasteiger partial charge in [-0.25, -0.2) is 0 Å². The maximum Gasteiger partial charge on any atom is 0.243 e. The van der Waals surface area contributed by atoms with Crippen molar-refractivity contribution in [3.05, 3.63) is 0 Å². The molecule has 1 N–H and O–H groups in total. The number of nitrogens with zero attached hydrogens (tertiary/aromatic N) is 2. The number of nitrogens with one attached hydrogen (secondary N) is 1. The van der Waals surface area contributed by atoms with Gasteiger partial charge in [0.15, 0.2) is 0 Å². The number of likely N-dealkylation sites (N-methyl/N-ethyl adjacent to an activating group) is 1. The van der Waals surface area contributed by atoms with Gasteiger partial charge in [-0.3, -0.25) is 10.1 Å². The number of hydrogen-bond donors (Lipinski definition) is 1. The quantitative estimate of drug-likeness (QED) is 0.757. The third kappa shape index (κ3) is 2.55. The van der Waals surface area contributed by atoms with Crippen LogP contribution in [0.3, 0.4) is 0 Å². The molecule has 1 amide bonds. The van der Waals surface area contributed by atoms with Gasteiger partial charge in [0, 0.05) is 13.1 Å². The van der Waals surface area contributed by atoms with Crippen LogP contribution in [0.15, 0.2) is 0 Å². The molecule has 1 fully saturated rings. The highest BCUT2D eigenvalue weighted by Crippen LogP contribution is 2.22. The lowest BCUT2D eigenvalue weighted by atomic mass is 9.99. The Kier molecular flexibility index (Phi) is 4.33. The average Bonchev–Trinajstić information content (AvgIpc) is 2.48. The second kappa shape index (κ2) is 5.15. The van der Waals surface area contributed by atoms with Gasteiger partial charge in [-0.1, -0.05) is 13.8 Å². The SMILES string of the molecule is CCN(C)CCN1C(=O)C(C)(CC)NC1C. The van der Waals surface area contributed by atoms with Crippen molar-refractivity contribution >= 4 is 5.91 Å². The van der Waals surface area contributed by atoms with E-state index in [2.05, 4.69) is 38.0 Å². The van der Waals surface area contributed by atoms with Crippen molar-refractivity contribution < 1.29 is 4.79 Å². The van der Waals surface area contributed by atoms with Crippen LogP contribution in [-0.4, -0.2) is 54.1 Å². The van der Waals surface area contributed by atoms with Crippen LogP contribution >= 0.6 is 0 Å². The van der Waals surface area contributed by atoms with Crippen molar-refractivity contribution in [2.45, 2.75) is 45.8 Å². The molecule has 16 heavy (non-hydrogen) atoms. The Bertz CT molecular complexity index is 257. The Hall–Kier alpha value is -0.610. The summed E-state index contributed by atoms with van der Waals surface area (Å²) in [5.74, 6) is 0.243. The third-order valence-electron chi connectivity index (χ3n) is 3.70. The zero-order valence-corrected chi connectivity index (χ0v) is 11.2. The summed E-state index contributed by atoms with van der Waals surface area (Å²) in [5.41, 5.74) is -0.357.